The molecule has 1 fully saturated rings. The highest BCUT2D eigenvalue weighted by Gasteiger charge is 2.35. The minimum atomic E-state index is -3.54. The highest BCUT2D eigenvalue weighted by atomic mass is 32.2. The van der Waals surface area contributed by atoms with Gasteiger partial charge in [-0.25, -0.2) is 0 Å². The zero-order valence-electron chi connectivity index (χ0n) is 12.0. The Bertz CT molecular complexity index is 595. The number of rotatable bonds is 3. The predicted molar refractivity (Wildman–Crippen MR) is 81.0 cm³/mol. The molecule has 0 unspecified atom stereocenters. The lowest BCUT2D eigenvalue weighted by atomic mass is 10.1. The summed E-state index contributed by atoms with van der Waals surface area (Å²) in [5, 5.41) is 10.2. The van der Waals surface area contributed by atoms with Crippen molar-refractivity contribution in [1.29, 1.82) is 0 Å². The Labute approximate surface area is 126 Å². The number of nitrogens with zero attached hydrogens (tertiary/aromatic N) is 1. The van der Waals surface area contributed by atoms with Gasteiger partial charge in [-0.15, -0.1) is 0 Å². The third kappa shape index (κ3) is 3.13. The van der Waals surface area contributed by atoms with E-state index < -0.39 is 22.4 Å². The van der Waals surface area contributed by atoms with Gasteiger partial charge in [0.15, 0.2) is 0 Å². The molecule has 2 N–H and O–H groups in total. The number of hydrogen-bond acceptors (Lipinski definition) is 3. The van der Waals surface area contributed by atoms with E-state index in [9.17, 15) is 13.5 Å². The second kappa shape index (κ2) is 6.04. The number of fused-ring (bicyclic) bond motifs is 1. The summed E-state index contributed by atoms with van der Waals surface area (Å²) in [7, 11) is -3.54. The molecule has 2 atom stereocenters. The van der Waals surface area contributed by atoms with Crippen LogP contribution in [0.1, 0.15) is 42.9 Å². The smallest absolute Gasteiger partial charge is 0.280 e. The molecule has 0 radical (unpaired) electrons. The zero-order valence-corrected chi connectivity index (χ0v) is 12.8. The largest absolute Gasteiger partial charge is 0.391 e. The Morgan fingerprint density at radius 2 is 1.76 bits per heavy atom. The van der Waals surface area contributed by atoms with Crippen molar-refractivity contribution in [2.45, 2.75) is 44.2 Å². The van der Waals surface area contributed by atoms with Crippen LogP contribution in [0.5, 0.6) is 0 Å². The van der Waals surface area contributed by atoms with E-state index in [1.807, 2.05) is 24.3 Å². The Morgan fingerprint density at radius 3 is 2.48 bits per heavy atom. The van der Waals surface area contributed by atoms with Gasteiger partial charge in [-0.3, -0.25) is 0 Å². The molecule has 6 heteroatoms. The fourth-order valence-corrected chi connectivity index (χ4v) is 4.73. The Kier molecular flexibility index (Phi) is 4.31. The van der Waals surface area contributed by atoms with Gasteiger partial charge >= 0.3 is 0 Å². The van der Waals surface area contributed by atoms with Crippen molar-refractivity contribution in [3.8, 4) is 0 Å². The molecule has 0 saturated carbocycles. The zero-order chi connectivity index (χ0) is 14.9. The van der Waals surface area contributed by atoms with Crippen LogP contribution in [-0.4, -0.2) is 37.0 Å². The van der Waals surface area contributed by atoms with Crippen molar-refractivity contribution >= 4 is 10.2 Å². The van der Waals surface area contributed by atoms with Gasteiger partial charge in [0.1, 0.15) is 0 Å². The van der Waals surface area contributed by atoms with Crippen molar-refractivity contribution in [2.24, 2.45) is 0 Å². The van der Waals surface area contributed by atoms with Gasteiger partial charge in [0.25, 0.3) is 10.2 Å². The van der Waals surface area contributed by atoms with Gasteiger partial charge in [0, 0.05) is 19.5 Å². The molecular formula is C15H22N2O3S. The number of hydrogen-bond donors (Lipinski definition) is 2. The minimum absolute atomic E-state index is 0.503. The molecule has 1 aliphatic heterocycles. The summed E-state index contributed by atoms with van der Waals surface area (Å²) < 4.78 is 29.3. The third-order valence-electron chi connectivity index (χ3n) is 4.38. The number of benzene rings is 1. The predicted octanol–water partition coefficient (Wildman–Crippen LogP) is 1.36. The van der Waals surface area contributed by atoms with E-state index in [0.717, 1.165) is 36.8 Å². The summed E-state index contributed by atoms with van der Waals surface area (Å²) in [6.45, 7) is 1.14. The first-order chi connectivity index (χ1) is 10.1. The van der Waals surface area contributed by atoms with Crippen LogP contribution in [0, 0.1) is 0 Å². The summed E-state index contributed by atoms with van der Waals surface area (Å²) in [5.74, 6) is 0. The van der Waals surface area contributed by atoms with Crippen LogP contribution in [0.25, 0.3) is 0 Å². The van der Waals surface area contributed by atoms with E-state index in [0.29, 0.717) is 19.5 Å². The minimum Gasteiger partial charge on any atom is -0.391 e. The van der Waals surface area contributed by atoms with E-state index in [1.54, 1.807) is 0 Å². The molecule has 0 amide bonds. The van der Waals surface area contributed by atoms with Crippen LogP contribution < -0.4 is 4.72 Å². The molecule has 1 heterocycles. The Morgan fingerprint density at radius 1 is 1.10 bits per heavy atom. The maximum absolute atomic E-state index is 12.6. The van der Waals surface area contributed by atoms with Crippen LogP contribution in [0.2, 0.25) is 0 Å². The number of aliphatic hydroxyl groups excluding tert-OH is 1. The number of aliphatic hydroxyl groups is 1. The van der Waals surface area contributed by atoms with Crippen molar-refractivity contribution in [2.75, 3.05) is 13.1 Å². The van der Waals surface area contributed by atoms with Gasteiger partial charge < -0.3 is 5.11 Å². The normalized spacial score (nSPS) is 27.3. The van der Waals surface area contributed by atoms with Gasteiger partial charge in [-0.1, -0.05) is 37.1 Å². The van der Waals surface area contributed by atoms with Gasteiger partial charge in [-0.2, -0.15) is 17.4 Å². The van der Waals surface area contributed by atoms with E-state index in [2.05, 4.69) is 4.72 Å². The summed E-state index contributed by atoms with van der Waals surface area (Å²) in [5.41, 5.74) is 1.91. The van der Waals surface area contributed by atoms with Gasteiger partial charge in [0.05, 0.1) is 12.1 Å². The number of nitrogens with one attached hydrogen (secondary N) is 1. The summed E-state index contributed by atoms with van der Waals surface area (Å²) in [4.78, 5) is 0. The van der Waals surface area contributed by atoms with Crippen LogP contribution in [0.15, 0.2) is 24.3 Å². The highest BCUT2D eigenvalue weighted by molar-refractivity contribution is 7.87. The molecule has 1 aliphatic carbocycles. The lowest BCUT2D eigenvalue weighted by molar-refractivity contribution is 0.150. The maximum atomic E-state index is 12.6. The van der Waals surface area contributed by atoms with E-state index in [4.69, 9.17) is 0 Å². The van der Waals surface area contributed by atoms with Gasteiger partial charge in [-0.05, 0) is 24.0 Å². The molecule has 0 bridgehead atoms. The molecule has 2 aliphatic rings. The fraction of sp³-hybridized carbons (Fsp3) is 0.600. The third-order valence-corrected chi connectivity index (χ3v) is 5.98. The lowest BCUT2D eigenvalue weighted by Crippen LogP contribution is -2.44. The highest BCUT2D eigenvalue weighted by Crippen LogP contribution is 2.32. The molecule has 3 rings (SSSR count). The van der Waals surface area contributed by atoms with Crippen LogP contribution in [-0.2, 0) is 16.6 Å². The van der Waals surface area contributed by atoms with Crippen LogP contribution >= 0.6 is 0 Å². The molecule has 1 saturated heterocycles. The average molecular weight is 310 g/mol. The fourth-order valence-electron chi connectivity index (χ4n) is 3.23. The topological polar surface area (TPSA) is 69.6 Å². The SMILES string of the molecule is O=S(=O)(N[C@H]1c2ccccc2C[C@H]1O)N1CCCCCC1. The Balaban J connectivity index is 1.79. The van der Waals surface area contributed by atoms with Crippen molar-refractivity contribution in [1.82, 2.24) is 9.03 Å². The van der Waals surface area contributed by atoms with Crippen LogP contribution in [0.3, 0.4) is 0 Å². The molecule has 21 heavy (non-hydrogen) atoms. The first kappa shape index (κ1) is 15.0. The standard InChI is InChI=1S/C15H22N2O3S/c18-14-11-12-7-3-4-8-13(12)15(14)16-21(19,20)17-9-5-1-2-6-10-17/h3-4,7-8,14-16,18H,1-2,5-6,9-11H2/t14-,15+/m1/s1. The van der Waals surface area contributed by atoms with Crippen molar-refractivity contribution in [3.63, 3.8) is 0 Å². The van der Waals surface area contributed by atoms with E-state index in [1.165, 1.54) is 4.31 Å². The first-order valence-electron chi connectivity index (χ1n) is 7.61. The molecule has 5 nitrogen and oxygen atoms in total. The average Bonchev–Trinajstić information content (AvgIpc) is 2.67. The molecule has 1 aromatic carbocycles. The van der Waals surface area contributed by atoms with E-state index >= 15 is 0 Å². The molecule has 0 aromatic heterocycles. The first-order valence-corrected chi connectivity index (χ1v) is 9.05. The molecule has 116 valence electrons. The quantitative estimate of drug-likeness (QED) is 0.885. The van der Waals surface area contributed by atoms with E-state index in [-0.39, 0.29) is 0 Å². The summed E-state index contributed by atoms with van der Waals surface area (Å²) in [6, 6.07) is 7.09. The monoisotopic (exact) mass is 310 g/mol. The van der Waals surface area contributed by atoms with Gasteiger partial charge in [0.2, 0.25) is 0 Å². The molecular weight excluding hydrogens is 288 g/mol. The summed E-state index contributed by atoms with van der Waals surface area (Å²) >= 11 is 0. The molecule has 1 aromatic rings. The maximum Gasteiger partial charge on any atom is 0.280 e. The van der Waals surface area contributed by atoms with Crippen molar-refractivity contribution in [3.05, 3.63) is 35.4 Å². The second-order valence-electron chi connectivity index (χ2n) is 5.88. The Hall–Kier alpha value is -0.950. The molecule has 0 spiro atoms. The second-order valence-corrected chi connectivity index (χ2v) is 7.59. The lowest BCUT2D eigenvalue weighted by Gasteiger charge is -2.25. The van der Waals surface area contributed by atoms with Crippen molar-refractivity contribution < 1.29 is 13.5 Å². The van der Waals surface area contributed by atoms with Crippen LogP contribution in [0.4, 0.5) is 0 Å². The summed E-state index contributed by atoms with van der Waals surface area (Å²) in [6.07, 6.45) is 3.80.